The van der Waals surface area contributed by atoms with Gasteiger partial charge >= 0.3 is 7.12 Å². The number of ether oxygens (including phenoxy) is 2. The predicted octanol–water partition coefficient (Wildman–Crippen LogP) is 19.8. The molecule has 0 N–H and O–H groups in total. The summed E-state index contributed by atoms with van der Waals surface area (Å²) in [7, 11) is -0.440. The van der Waals surface area contributed by atoms with E-state index < -0.39 is 29.2 Å². The van der Waals surface area contributed by atoms with E-state index in [-0.39, 0.29) is 0 Å². The Balaban J connectivity index is 0.000000116. The third kappa shape index (κ3) is 8.90. The number of halogens is 1. The summed E-state index contributed by atoms with van der Waals surface area (Å²) in [6.07, 6.45) is 0. The first-order valence-corrected chi connectivity index (χ1v) is 32.3. The average Bonchev–Trinajstić information content (AvgIpc) is 1.51. The van der Waals surface area contributed by atoms with Gasteiger partial charge in [-0.25, -0.2) is 19.9 Å². The molecular weight excluding hydrogens is 1180 g/mol. The number of rotatable bonds is 4. The predicted molar refractivity (Wildman–Crippen MR) is 377 cm³/mol. The fourth-order valence-corrected chi connectivity index (χ4v) is 15.0. The van der Waals surface area contributed by atoms with Crippen LogP contribution >= 0.6 is 11.6 Å². The first-order valence-electron chi connectivity index (χ1n) is 31.9. The van der Waals surface area contributed by atoms with Crippen molar-refractivity contribution in [1.82, 2.24) is 19.9 Å². The molecule has 10 heteroatoms. The van der Waals surface area contributed by atoms with Gasteiger partial charge in [-0.2, -0.15) is 0 Å². The minimum absolute atomic E-state index is 0.397. The molecule has 2 aliphatic carbocycles. The van der Waals surface area contributed by atoms with Crippen LogP contribution in [0.1, 0.15) is 72.2 Å². The van der Waals surface area contributed by atoms with Gasteiger partial charge in [0.05, 0.1) is 55.5 Å². The highest BCUT2D eigenvalue weighted by molar-refractivity contribution is 6.62. The summed E-state index contributed by atoms with van der Waals surface area (Å²) in [5.41, 5.74) is 23.0. The standard InChI is InChI=1S/C39H24N2O.C31H27BO3.C14H9ClN2/c1-2-12-25(13-3-1)37-38(41-34-20-10-9-19-33(34)40-37)26-22-23-32-36(24-26)42-35-21-11-8-18-31(35)39(32)29-16-6-4-14-27(29)28-15-5-7-17-30(28)39;1-29(2)30(3,4)35-32(34-29)20-17-18-26-28(19-20)33-27-16-10-9-15-25(27)31(26)23-13-7-5-11-21(23)22-12-6-8-14-24(22)31;15-14-13(10-6-2-1-3-7-10)16-11-8-4-5-9-12(11)17-14/h1-24H;5-19H,1-4H3;1-9H. The zero-order valence-corrected chi connectivity index (χ0v) is 52.8. The van der Waals surface area contributed by atoms with Gasteiger partial charge in [0.15, 0.2) is 5.15 Å². The van der Waals surface area contributed by atoms with Crippen molar-refractivity contribution in [3.05, 3.63) is 341 Å². The molecule has 8 nitrogen and oxygen atoms in total. The Morgan fingerprint density at radius 1 is 0.287 bits per heavy atom. The highest BCUT2D eigenvalue weighted by Gasteiger charge is 2.55. The van der Waals surface area contributed by atoms with Gasteiger partial charge in [0.2, 0.25) is 0 Å². The number of hydrogen-bond acceptors (Lipinski definition) is 8. The van der Waals surface area contributed by atoms with E-state index in [0.29, 0.717) is 5.15 Å². The van der Waals surface area contributed by atoms with Crippen LogP contribution in [0.15, 0.2) is 291 Å². The summed E-state index contributed by atoms with van der Waals surface area (Å²) in [4.78, 5) is 19.2. The Bertz CT molecular complexity index is 5240. The van der Waals surface area contributed by atoms with E-state index >= 15 is 0 Å². The Morgan fingerprint density at radius 2 is 0.617 bits per heavy atom. The summed E-state index contributed by atoms with van der Waals surface area (Å²) in [5, 5.41) is 0.440. The summed E-state index contributed by atoms with van der Waals surface area (Å²) in [5.74, 6) is 3.45. The van der Waals surface area contributed by atoms with E-state index in [2.05, 4.69) is 226 Å². The van der Waals surface area contributed by atoms with Crippen LogP contribution in [0.5, 0.6) is 23.0 Å². The number of hydrogen-bond donors (Lipinski definition) is 0. The van der Waals surface area contributed by atoms with Crippen LogP contribution in [0.4, 0.5) is 0 Å². The van der Waals surface area contributed by atoms with Crippen molar-refractivity contribution in [2.45, 2.75) is 49.7 Å². The van der Waals surface area contributed by atoms with Gasteiger partial charge in [0, 0.05) is 38.9 Å². The average molecular weight is 1240 g/mol. The molecule has 12 aromatic carbocycles. The quantitative estimate of drug-likeness (QED) is 0.161. The molecule has 0 unspecified atom stereocenters. The zero-order chi connectivity index (χ0) is 63.3. The number of fused-ring (bicyclic) bond motifs is 20. The normalized spacial score (nSPS) is 15.3. The van der Waals surface area contributed by atoms with Crippen LogP contribution in [0.2, 0.25) is 5.15 Å². The van der Waals surface area contributed by atoms with E-state index in [9.17, 15) is 0 Å². The van der Waals surface area contributed by atoms with Crippen LogP contribution in [-0.4, -0.2) is 38.3 Å². The highest BCUT2D eigenvalue weighted by atomic mass is 35.5. The van der Waals surface area contributed by atoms with E-state index in [1.165, 1.54) is 50.1 Å². The molecule has 14 aromatic rings. The number of nitrogens with zero attached hydrogens (tertiary/aromatic N) is 4. The minimum Gasteiger partial charge on any atom is -0.457 e. The van der Waals surface area contributed by atoms with E-state index in [0.717, 1.165) is 101 Å². The second-order valence-electron chi connectivity index (χ2n) is 25.4. The van der Waals surface area contributed by atoms with Gasteiger partial charge in [-0.3, -0.25) is 0 Å². The van der Waals surface area contributed by atoms with Crippen molar-refractivity contribution in [2.24, 2.45) is 0 Å². The second-order valence-corrected chi connectivity index (χ2v) is 25.8. The van der Waals surface area contributed by atoms with E-state index in [1.54, 1.807) is 0 Å². The van der Waals surface area contributed by atoms with Gasteiger partial charge in [0.1, 0.15) is 28.7 Å². The lowest BCUT2D eigenvalue weighted by Gasteiger charge is -2.39. The smallest absolute Gasteiger partial charge is 0.457 e. The number of aromatic nitrogens is 4. The van der Waals surface area contributed by atoms with Crippen molar-refractivity contribution in [2.75, 3.05) is 0 Å². The molecule has 5 heterocycles. The summed E-state index contributed by atoms with van der Waals surface area (Å²) in [6.45, 7) is 8.33. The zero-order valence-electron chi connectivity index (χ0n) is 52.1. The summed E-state index contributed by atoms with van der Waals surface area (Å²) in [6, 6.07) is 101. The molecule has 0 amide bonds. The molecule has 0 saturated carbocycles. The molecule has 0 radical (unpaired) electrons. The fourth-order valence-electron chi connectivity index (χ4n) is 14.8. The highest BCUT2D eigenvalue weighted by Crippen LogP contribution is 2.64. The van der Waals surface area contributed by atoms with Crippen molar-refractivity contribution in [1.29, 1.82) is 0 Å². The van der Waals surface area contributed by atoms with Gasteiger partial charge in [-0.15, -0.1) is 0 Å². The third-order valence-corrected chi connectivity index (χ3v) is 20.0. The Hall–Kier alpha value is -10.8. The summed E-state index contributed by atoms with van der Waals surface area (Å²) >= 11 is 6.16. The van der Waals surface area contributed by atoms with Gasteiger partial charge in [0.25, 0.3) is 0 Å². The third-order valence-electron chi connectivity index (χ3n) is 19.7. The molecule has 1 fully saturated rings. The minimum atomic E-state index is -0.479. The molecule has 450 valence electrons. The largest absolute Gasteiger partial charge is 0.494 e. The van der Waals surface area contributed by atoms with E-state index in [1.807, 2.05) is 103 Å². The van der Waals surface area contributed by atoms with Crippen molar-refractivity contribution < 1.29 is 18.8 Å². The Morgan fingerprint density at radius 3 is 1.07 bits per heavy atom. The van der Waals surface area contributed by atoms with Crippen LogP contribution in [0.25, 0.3) is 78.1 Å². The SMILES string of the molecule is CC1(C)OB(c2ccc3c(c2)Oc2ccccc2C32c3ccccc3-c3ccccc32)OC1(C)C.Clc1nc2ccccc2nc1-c1ccccc1.c1ccc(-c2nc3ccccc3nc2-c2ccc3c(c2)Oc2ccccc2C32c3ccccc3-c3ccccc32)cc1. The van der Waals surface area contributed by atoms with Gasteiger partial charge in [-0.1, -0.05) is 254 Å². The lowest BCUT2D eigenvalue weighted by molar-refractivity contribution is 0.00578. The molecule has 0 bridgehead atoms. The molecule has 19 rings (SSSR count). The lowest BCUT2D eigenvalue weighted by atomic mass is 9.65. The first-order chi connectivity index (χ1) is 46.0. The lowest BCUT2D eigenvalue weighted by Crippen LogP contribution is -2.41. The maximum atomic E-state index is 6.74. The van der Waals surface area contributed by atoms with Crippen molar-refractivity contribution in [3.63, 3.8) is 0 Å². The topological polar surface area (TPSA) is 88.5 Å². The van der Waals surface area contributed by atoms with Crippen LogP contribution in [0.3, 0.4) is 0 Å². The monoisotopic (exact) mass is 1230 g/mol. The summed E-state index contributed by atoms with van der Waals surface area (Å²) < 4.78 is 26.1. The van der Waals surface area contributed by atoms with Gasteiger partial charge < -0.3 is 18.8 Å². The molecular formula is C84H60BClN4O4. The fraction of sp³-hybridized carbons (Fsp3) is 0.0952. The molecule has 5 aliphatic rings. The number of benzene rings is 12. The van der Waals surface area contributed by atoms with E-state index in [4.69, 9.17) is 40.4 Å². The van der Waals surface area contributed by atoms with Crippen LogP contribution < -0.4 is 14.9 Å². The Labute approximate surface area is 551 Å². The Kier molecular flexibility index (Phi) is 13.5. The number of para-hydroxylation sites is 6. The van der Waals surface area contributed by atoms with Crippen molar-refractivity contribution >= 4 is 46.2 Å². The van der Waals surface area contributed by atoms with Crippen LogP contribution in [-0.2, 0) is 20.1 Å². The molecule has 94 heavy (non-hydrogen) atoms. The second kappa shape index (κ2) is 22.2. The molecule has 3 aliphatic heterocycles. The molecule has 2 aromatic heterocycles. The van der Waals surface area contributed by atoms with Crippen molar-refractivity contribution in [3.8, 4) is 79.0 Å². The molecule has 0 atom stereocenters. The first kappa shape index (κ1) is 57.1. The maximum Gasteiger partial charge on any atom is 0.494 e. The van der Waals surface area contributed by atoms with Gasteiger partial charge in [-0.05, 0) is 126 Å². The van der Waals surface area contributed by atoms with Crippen LogP contribution in [0, 0.1) is 0 Å². The molecule has 2 spiro atoms. The molecule has 1 saturated heterocycles. The maximum absolute atomic E-state index is 6.74.